The number of aliphatic carboxylic acids is 1. The summed E-state index contributed by atoms with van der Waals surface area (Å²) in [5.74, 6) is -1.39. The Morgan fingerprint density at radius 1 is 0.878 bits per heavy atom. The molecule has 0 saturated carbocycles. The summed E-state index contributed by atoms with van der Waals surface area (Å²) in [7, 11) is 0. The van der Waals surface area contributed by atoms with Crippen LogP contribution in [0.1, 0.15) is 70.2 Å². The largest absolute Gasteiger partial charge is 0.480 e. The Morgan fingerprint density at radius 2 is 1.67 bits per heavy atom. The van der Waals surface area contributed by atoms with Crippen molar-refractivity contribution in [2.24, 2.45) is 5.73 Å². The number of carbonyl (C=O) groups excluding carboxylic acids is 1. The fourth-order valence-electron chi connectivity index (χ4n) is 6.13. The molecule has 1 aliphatic carbocycles. The van der Waals surface area contributed by atoms with Gasteiger partial charge in [0, 0.05) is 37.1 Å². The van der Waals surface area contributed by atoms with Crippen LogP contribution in [0.2, 0.25) is 0 Å². The van der Waals surface area contributed by atoms with E-state index in [0.717, 1.165) is 49.2 Å². The molecule has 3 aromatic carbocycles. The van der Waals surface area contributed by atoms with E-state index in [0.29, 0.717) is 38.0 Å². The van der Waals surface area contributed by atoms with Gasteiger partial charge in [-0.2, -0.15) is 0 Å². The van der Waals surface area contributed by atoms with E-state index in [4.69, 9.17) is 5.73 Å². The number of aryl methyl sites for hydroxylation is 1. The second-order valence-corrected chi connectivity index (χ2v) is 12.2. The minimum Gasteiger partial charge on any atom is -0.480 e. The smallest absolute Gasteiger partial charge is 0.326 e. The van der Waals surface area contributed by atoms with Crippen LogP contribution in [0.15, 0.2) is 109 Å². The molecule has 1 unspecified atom stereocenters. The zero-order chi connectivity index (χ0) is 34.3. The van der Waals surface area contributed by atoms with E-state index in [1.54, 1.807) is 18.3 Å². The number of benzene rings is 3. The molecule has 0 bridgehead atoms. The molecule has 0 saturated heterocycles. The Kier molecular flexibility index (Phi) is 13.4. The zero-order valence-corrected chi connectivity index (χ0v) is 27.9. The first-order chi connectivity index (χ1) is 24.0. The van der Waals surface area contributed by atoms with Crippen molar-refractivity contribution in [2.45, 2.75) is 63.7 Å². The van der Waals surface area contributed by atoms with Gasteiger partial charge in [-0.15, -0.1) is 0 Å². The van der Waals surface area contributed by atoms with Crippen molar-refractivity contribution in [3.05, 3.63) is 143 Å². The number of carbonyl (C=O) groups is 2. The summed E-state index contributed by atoms with van der Waals surface area (Å²) >= 11 is 0. The first-order valence-corrected chi connectivity index (χ1v) is 17.1. The summed E-state index contributed by atoms with van der Waals surface area (Å²) in [6.45, 7) is 2.78. The number of aromatic nitrogens is 2. The van der Waals surface area contributed by atoms with Crippen molar-refractivity contribution in [3.63, 3.8) is 0 Å². The van der Waals surface area contributed by atoms with Gasteiger partial charge in [0.05, 0.1) is 11.4 Å². The van der Waals surface area contributed by atoms with Gasteiger partial charge in [0.2, 0.25) is 0 Å². The number of fused-ring (bicyclic) bond motifs is 2. The Labute approximate surface area is 288 Å². The number of pyridine rings is 2. The summed E-state index contributed by atoms with van der Waals surface area (Å²) in [5.41, 5.74) is 11.8. The summed E-state index contributed by atoms with van der Waals surface area (Å²) in [5, 5.41) is 21.7. The summed E-state index contributed by atoms with van der Waals surface area (Å²) in [6, 6.07) is 31.0. The van der Waals surface area contributed by atoms with E-state index in [1.165, 1.54) is 21.9 Å². The van der Waals surface area contributed by atoms with Crippen LogP contribution in [-0.4, -0.2) is 46.1 Å². The van der Waals surface area contributed by atoms with E-state index in [9.17, 15) is 14.7 Å². The zero-order valence-electron chi connectivity index (χ0n) is 27.9. The number of nitrogens with two attached hydrogens (primary N) is 1. The summed E-state index contributed by atoms with van der Waals surface area (Å²) in [4.78, 5) is 33.3. The van der Waals surface area contributed by atoms with Gasteiger partial charge < -0.3 is 26.8 Å². The van der Waals surface area contributed by atoms with Crippen LogP contribution in [0.4, 0.5) is 0 Å². The highest BCUT2D eigenvalue weighted by Gasteiger charge is 2.23. The lowest BCUT2D eigenvalue weighted by Crippen LogP contribution is -2.41. The predicted octanol–water partition coefficient (Wildman–Crippen LogP) is 5.74. The van der Waals surface area contributed by atoms with Crippen LogP contribution < -0.4 is 21.7 Å². The fourth-order valence-corrected chi connectivity index (χ4v) is 6.13. The van der Waals surface area contributed by atoms with Gasteiger partial charge >= 0.3 is 5.97 Å². The molecule has 0 fully saturated rings. The Bertz CT molecular complexity index is 1780. The molecule has 5 aromatic rings. The van der Waals surface area contributed by atoms with Crippen LogP contribution >= 0.6 is 0 Å². The van der Waals surface area contributed by atoms with Gasteiger partial charge in [0.25, 0.3) is 5.91 Å². The van der Waals surface area contributed by atoms with Crippen molar-refractivity contribution < 1.29 is 14.7 Å². The van der Waals surface area contributed by atoms with Crippen LogP contribution in [0.5, 0.6) is 0 Å². The molecule has 0 aliphatic heterocycles. The first-order valence-electron chi connectivity index (χ1n) is 17.1. The summed E-state index contributed by atoms with van der Waals surface area (Å²) in [6.07, 6.45) is 8.61. The molecule has 2 atom stereocenters. The van der Waals surface area contributed by atoms with E-state index in [1.807, 2.05) is 60.8 Å². The third-order valence-corrected chi connectivity index (χ3v) is 8.80. The molecule has 9 heteroatoms. The quantitative estimate of drug-likeness (QED) is 0.0952. The average molecular weight is 659 g/mol. The predicted molar refractivity (Wildman–Crippen MR) is 194 cm³/mol. The number of carboxylic acids is 1. The molecule has 6 N–H and O–H groups in total. The molecule has 2 heterocycles. The van der Waals surface area contributed by atoms with E-state index < -0.39 is 12.0 Å². The Hall–Kier alpha value is -4.96. The highest BCUT2D eigenvalue weighted by molar-refractivity contribution is 5.96. The lowest BCUT2D eigenvalue weighted by molar-refractivity contribution is -0.139. The molecule has 6 rings (SSSR count). The molecule has 49 heavy (non-hydrogen) atoms. The van der Waals surface area contributed by atoms with Gasteiger partial charge in [-0.1, -0.05) is 66.7 Å². The Morgan fingerprint density at radius 3 is 2.47 bits per heavy atom. The molecule has 254 valence electrons. The Balaban J connectivity index is 0.000000325. The molecule has 0 spiro atoms. The molecule has 1 aliphatic rings. The highest BCUT2D eigenvalue weighted by Crippen LogP contribution is 2.27. The summed E-state index contributed by atoms with van der Waals surface area (Å²) < 4.78 is 0. The van der Waals surface area contributed by atoms with Crippen LogP contribution in [0, 0.1) is 0 Å². The van der Waals surface area contributed by atoms with Crippen molar-refractivity contribution in [3.8, 4) is 0 Å². The van der Waals surface area contributed by atoms with E-state index in [2.05, 4.69) is 56.3 Å². The van der Waals surface area contributed by atoms with Crippen molar-refractivity contribution in [1.82, 2.24) is 25.9 Å². The van der Waals surface area contributed by atoms with Crippen LogP contribution in [-0.2, 0) is 30.7 Å². The molecule has 2 aromatic heterocycles. The van der Waals surface area contributed by atoms with Crippen molar-refractivity contribution in [1.29, 1.82) is 0 Å². The molecule has 0 radical (unpaired) electrons. The minimum absolute atomic E-state index is 0.200. The van der Waals surface area contributed by atoms with Gasteiger partial charge in [0.15, 0.2) is 0 Å². The van der Waals surface area contributed by atoms with Gasteiger partial charge in [0.1, 0.15) is 6.04 Å². The van der Waals surface area contributed by atoms with Crippen LogP contribution in [0.25, 0.3) is 10.8 Å². The first kappa shape index (κ1) is 35.3. The van der Waals surface area contributed by atoms with E-state index in [-0.39, 0.29) is 11.9 Å². The third-order valence-electron chi connectivity index (χ3n) is 8.80. The van der Waals surface area contributed by atoms with Crippen molar-refractivity contribution >= 4 is 22.6 Å². The maximum absolute atomic E-state index is 12.7. The van der Waals surface area contributed by atoms with E-state index >= 15 is 0 Å². The minimum atomic E-state index is -1.02. The lowest BCUT2D eigenvalue weighted by Gasteiger charge is -2.25. The van der Waals surface area contributed by atoms with Crippen molar-refractivity contribution in [2.75, 3.05) is 13.1 Å². The maximum Gasteiger partial charge on any atom is 0.326 e. The topological polar surface area (TPSA) is 142 Å². The normalized spacial score (nSPS) is 14.3. The standard InChI is InChI=1S/C29H35N5O3.C11H11N/c35-28(23-13-11-21(12-14-23)15-19-30-20-24-8-1-2-16-31-24)34-26(29(36)37)10-5-17-32-25-9-3-6-22-7-4-18-33-27(22)25;12-8-10-6-3-5-9-4-1-2-7-11(9)10/h1-2,4,7-8,11-14,16,18,25-26,30,32H,3,5-6,9-10,15,17,19-20H2,(H,34,35)(H,36,37);1-7H,8,12H2/t25?,26-;/m0./s1. The van der Waals surface area contributed by atoms with Crippen LogP contribution in [0.3, 0.4) is 0 Å². The number of carboxylic acid groups (broad SMARTS) is 1. The molecule has 9 nitrogen and oxygen atoms in total. The number of hydrogen-bond donors (Lipinski definition) is 5. The number of nitrogens with one attached hydrogen (secondary N) is 3. The van der Waals surface area contributed by atoms with Gasteiger partial charge in [-0.3, -0.25) is 14.8 Å². The monoisotopic (exact) mass is 658 g/mol. The second kappa shape index (κ2) is 18.5. The van der Waals surface area contributed by atoms with Gasteiger partial charge in [-0.25, -0.2) is 4.79 Å². The second-order valence-electron chi connectivity index (χ2n) is 12.2. The number of rotatable bonds is 14. The average Bonchev–Trinajstić information content (AvgIpc) is 3.15. The number of amides is 1. The molecular weight excluding hydrogens is 612 g/mol. The third kappa shape index (κ3) is 10.5. The fraction of sp³-hybridized carbons (Fsp3) is 0.300. The number of nitrogens with zero attached hydrogens (tertiary/aromatic N) is 2. The maximum atomic E-state index is 12.7. The van der Waals surface area contributed by atoms with Gasteiger partial charge in [-0.05, 0) is 109 Å². The molecule has 1 amide bonds. The SMILES string of the molecule is NCc1cccc2ccccc12.O=C(N[C@@H](CCCNC1CCCc2cccnc21)C(=O)O)c1ccc(CCNCc2ccccn2)cc1. The highest BCUT2D eigenvalue weighted by atomic mass is 16.4. The molecular formula is C40H46N6O3. The number of hydrogen-bond acceptors (Lipinski definition) is 7. The lowest BCUT2D eigenvalue weighted by atomic mass is 9.92.